The first kappa shape index (κ1) is 14.3. The lowest BCUT2D eigenvalue weighted by molar-refractivity contribution is 0.144. The van der Waals surface area contributed by atoms with Crippen molar-refractivity contribution in [3.63, 3.8) is 0 Å². The van der Waals surface area contributed by atoms with Gasteiger partial charge in [0, 0.05) is 19.8 Å². The average molecular weight is 253 g/mol. The average Bonchev–Trinajstić information content (AvgIpc) is 2.91. The van der Waals surface area contributed by atoms with Crippen molar-refractivity contribution in [3.8, 4) is 0 Å². The number of methoxy groups -OCH3 is 1. The minimum Gasteiger partial charge on any atom is -0.384 e. The van der Waals surface area contributed by atoms with Crippen LogP contribution < -0.4 is 5.32 Å². The molecule has 2 aliphatic rings. The van der Waals surface area contributed by atoms with Gasteiger partial charge in [0.15, 0.2) is 0 Å². The van der Waals surface area contributed by atoms with Crippen LogP contribution in [0.2, 0.25) is 0 Å². The predicted molar refractivity (Wildman–Crippen MR) is 76.7 cm³/mol. The lowest BCUT2D eigenvalue weighted by Gasteiger charge is -2.28. The topological polar surface area (TPSA) is 21.3 Å². The highest BCUT2D eigenvalue weighted by atomic mass is 16.5. The van der Waals surface area contributed by atoms with E-state index in [-0.39, 0.29) is 0 Å². The molecule has 5 unspecified atom stereocenters. The first-order chi connectivity index (χ1) is 8.72. The van der Waals surface area contributed by atoms with E-state index in [0.29, 0.717) is 12.0 Å². The maximum Gasteiger partial charge on any atom is 0.0488 e. The molecule has 2 nitrogen and oxygen atoms in total. The van der Waals surface area contributed by atoms with Gasteiger partial charge in [-0.15, -0.1) is 0 Å². The molecule has 2 fully saturated rings. The van der Waals surface area contributed by atoms with Gasteiger partial charge in [0.2, 0.25) is 0 Å². The molecule has 0 heterocycles. The van der Waals surface area contributed by atoms with Crippen molar-refractivity contribution in [1.29, 1.82) is 0 Å². The standard InChI is InChI=1S/C16H31NO/c1-4-17-16(7-12(2)11-18-3)10-15-9-13-5-6-14(15)8-13/h12-17H,4-11H2,1-3H3. The highest BCUT2D eigenvalue weighted by molar-refractivity contribution is 4.91. The molecular formula is C16H31NO. The Morgan fingerprint density at radius 3 is 2.67 bits per heavy atom. The van der Waals surface area contributed by atoms with Gasteiger partial charge in [0.25, 0.3) is 0 Å². The molecule has 0 saturated heterocycles. The van der Waals surface area contributed by atoms with Crippen molar-refractivity contribution in [2.45, 2.75) is 58.4 Å². The summed E-state index contributed by atoms with van der Waals surface area (Å²) < 4.78 is 5.27. The maximum atomic E-state index is 5.27. The van der Waals surface area contributed by atoms with Crippen molar-refractivity contribution in [1.82, 2.24) is 5.32 Å². The van der Waals surface area contributed by atoms with Gasteiger partial charge >= 0.3 is 0 Å². The molecule has 0 spiro atoms. The van der Waals surface area contributed by atoms with Crippen LogP contribution in [0, 0.1) is 23.7 Å². The van der Waals surface area contributed by atoms with Gasteiger partial charge < -0.3 is 10.1 Å². The summed E-state index contributed by atoms with van der Waals surface area (Å²) >= 11 is 0. The van der Waals surface area contributed by atoms with Crippen LogP contribution in [0.1, 0.15) is 52.4 Å². The van der Waals surface area contributed by atoms with E-state index in [0.717, 1.165) is 30.9 Å². The fraction of sp³-hybridized carbons (Fsp3) is 1.00. The Labute approximate surface area is 113 Å². The Morgan fingerprint density at radius 2 is 2.11 bits per heavy atom. The second-order valence-corrected chi connectivity index (χ2v) is 6.72. The van der Waals surface area contributed by atoms with Gasteiger partial charge in [-0.05, 0) is 62.3 Å². The van der Waals surface area contributed by atoms with E-state index in [4.69, 9.17) is 4.74 Å². The smallest absolute Gasteiger partial charge is 0.0488 e. The Kier molecular flexibility index (Phi) is 5.50. The third-order valence-corrected chi connectivity index (χ3v) is 5.10. The van der Waals surface area contributed by atoms with E-state index >= 15 is 0 Å². The number of rotatable bonds is 8. The Balaban J connectivity index is 1.78. The number of fused-ring (bicyclic) bond motifs is 2. The summed E-state index contributed by atoms with van der Waals surface area (Å²) in [5.74, 6) is 3.84. The van der Waals surface area contributed by atoms with Crippen LogP contribution in [0.5, 0.6) is 0 Å². The summed E-state index contributed by atoms with van der Waals surface area (Å²) in [7, 11) is 1.81. The molecule has 18 heavy (non-hydrogen) atoms. The molecule has 0 aromatic carbocycles. The van der Waals surface area contributed by atoms with Crippen molar-refractivity contribution in [2.24, 2.45) is 23.7 Å². The summed E-state index contributed by atoms with van der Waals surface area (Å²) in [6, 6.07) is 0.712. The first-order valence-electron chi connectivity index (χ1n) is 7.95. The van der Waals surface area contributed by atoms with Crippen molar-refractivity contribution in [3.05, 3.63) is 0 Å². The summed E-state index contributed by atoms with van der Waals surface area (Å²) in [5.41, 5.74) is 0. The normalized spacial score (nSPS) is 33.8. The van der Waals surface area contributed by atoms with Gasteiger partial charge in [-0.25, -0.2) is 0 Å². The molecule has 2 rings (SSSR count). The predicted octanol–water partition coefficient (Wildman–Crippen LogP) is 3.46. The molecule has 2 heteroatoms. The molecule has 106 valence electrons. The van der Waals surface area contributed by atoms with E-state index < -0.39 is 0 Å². The summed E-state index contributed by atoms with van der Waals surface area (Å²) in [4.78, 5) is 0. The zero-order valence-corrected chi connectivity index (χ0v) is 12.5. The molecular weight excluding hydrogens is 222 g/mol. The molecule has 2 bridgehead atoms. The molecule has 0 aromatic heterocycles. The van der Waals surface area contributed by atoms with Crippen LogP contribution in [0.3, 0.4) is 0 Å². The van der Waals surface area contributed by atoms with E-state index in [9.17, 15) is 0 Å². The largest absolute Gasteiger partial charge is 0.384 e. The van der Waals surface area contributed by atoms with Crippen LogP contribution in [-0.4, -0.2) is 26.3 Å². The van der Waals surface area contributed by atoms with E-state index in [1.165, 1.54) is 38.5 Å². The Morgan fingerprint density at radius 1 is 1.28 bits per heavy atom. The third-order valence-electron chi connectivity index (χ3n) is 5.10. The molecule has 0 aromatic rings. The van der Waals surface area contributed by atoms with Gasteiger partial charge in [-0.3, -0.25) is 0 Å². The number of hydrogen-bond acceptors (Lipinski definition) is 2. The summed E-state index contributed by atoms with van der Waals surface area (Å²) in [6.45, 7) is 6.55. The van der Waals surface area contributed by atoms with Crippen molar-refractivity contribution in [2.75, 3.05) is 20.3 Å². The second-order valence-electron chi connectivity index (χ2n) is 6.72. The molecule has 2 aliphatic carbocycles. The fourth-order valence-corrected chi connectivity index (χ4v) is 4.42. The van der Waals surface area contributed by atoms with E-state index in [1.54, 1.807) is 0 Å². The van der Waals surface area contributed by atoms with E-state index in [1.807, 2.05) is 7.11 Å². The van der Waals surface area contributed by atoms with Crippen molar-refractivity contribution >= 4 is 0 Å². The highest BCUT2D eigenvalue weighted by Gasteiger charge is 2.40. The number of hydrogen-bond donors (Lipinski definition) is 1. The Bertz CT molecular complexity index is 243. The summed E-state index contributed by atoms with van der Waals surface area (Å²) in [6.07, 6.45) is 8.77. The van der Waals surface area contributed by atoms with Crippen LogP contribution in [0.25, 0.3) is 0 Å². The second kappa shape index (κ2) is 6.91. The monoisotopic (exact) mass is 253 g/mol. The zero-order valence-electron chi connectivity index (χ0n) is 12.5. The van der Waals surface area contributed by atoms with Crippen LogP contribution >= 0.6 is 0 Å². The minimum atomic E-state index is 0.678. The van der Waals surface area contributed by atoms with Crippen molar-refractivity contribution < 1.29 is 4.74 Å². The quantitative estimate of drug-likeness (QED) is 0.715. The van der Waals surface area contributed by atoms with Crippen LogP contribution in [0.15, 0.2) is 0 Å². The first-order valence-corrected chi connectivity index (χ1v) is 7.95. The molecule has 5 atom stereocenters. The SMILES string of the molecule is CCNC(CC(C)COC)CC1CC2CCC1C2. The van der Waals surface area contributed by atoms with Gasteiger partial charge in [0.1, 0.15) is 0 Å². The number of nitrogens with one attached hydrogen (secondary N) is 1. The molecule has 2 saturated carbocycles. The molecule has 0 radical (unpaired) electrons. The molecule has 0 amide bonds. The van der Waals surface area contributed by atoms with Gasteiger partial charge in [-0.1, -0.05) is 20.3 Å². The van der Waals surface area contributed by atoms with E-state index in [2.05, 4.69) is 19.2 Å². The molecule has 0 aliphatic heterocycles. The minimum absolute atomic E-state index is 0.678. The van der Waals surface area contributed by atoms with Crippen LogP contribution in [0.4, 0.5) is 0 Å². The lowest BCUT2D eigenvalue weighted by Crippen LogP contribution is -2.34. The third kappa shape index (κ3) is 3.71. The van der Waals surface area contributed by atoms with Gasteiger partial charge in [0.05, 0.1) is 0 Å². The van der Waals surface area contributed by atoms with Crippen LogP contribution in [-0.2, 0) is 4.74 Å². The Hall–Kier alpha value is -0.0800. The highest BCUT2D eigenvalue weighted by Crippen LogP contribution is 2.50. The maximum absolute atomic E-state index is 5.27. The zero-order chi connectivity index (χ0) is 13.0. The fourth-order valence-electron chi connectivity index (χ4n) is 4.42. The molecule has 1 N–H and O–H groups in total. The lowest BCUT2D eigenvalue weighted by atomic mass is 9.82. The number of ether oxygens (including phenoxy) is 1. The van der Waals surface area contributed by atoms with Gasteiger partial charge in [-0.2, -0.15) is 0 Å². The summed E-state index contributed by atoms with van der Waals surface area (Å²) in [5, 5.41) is 3.70.